The van der Waals surface area contributed by atoms with Crippen LogP contribution in [-0.4, -0.2) is 29.0 Å². The van der Waals surface area contributed by atoms with E-state index in [9.17, 15) is 14.9 Å². The number of amides is 1. The predicted molar refractivity (Wildman–Crippen MR) is 86.9 cm³/mol. The van der Waals surface area contributed by atoms with Crippen molar-refractivity contribution in [3.05, 3.63) is 42.1 Å². The molecule has 0 aliphatic heterocycles. The third-order valence-electron chi connectivity index (χ3n) is 4.17. The largest absolute Gasteiger partial charge is 0.451 e. The van der Waals surface area contributed by atoms with E-state index in [1.54, 1.807) is 25.1 Å². The summed E-state index contributed by atoms with van der Waals surface area (Å²) >= 11 is 0. The van der Waals surface area contributed by atoms with E-state index in [1.165, 1.54) is 0 Å². The number of nitrogens with one attached hydrogen (secondary N) is 1. The van der Waals surface area contributed by atoms with Crippen molar-refractivity contribution in [2.24, 2.45) is 5.92 Å². The van der Waals surface area contributed by atoms with Crippen LogP contribution in [0, 0.1) is 17.2 Å². The van der Waals surface area contributed by atoms with Crippen LogP contribution < -0.4 is 5.32 Å². The lowest BCUT2D eigenvalue weighted by molar-refractivity contribution is -0.125. The number of esters is 1. The van der Waals surface area contributed by atoms with Crippen molar-refractivity contribution in [3.8, 4) is 6.07 Å². The van der Waals surface area contributed by atoms with Gasteiger partial charge < -0.3 is 10.1 Å². The summed E-state index contributed by atoms with van der Waals surface area (Å²) in [4.78, 5) is 28.2. The van der Waals surface area contributed by atoms with E-state index in [2.05, 4.69) is 16.4 Å². The molecular formula is C18H17N3O3. The molecule has 3 rings (SSSR count). The average Bonchev–Trinajstić information content (AvgIpc) is 3.44. The van der Waals surface area contributed by atoms with Gasteiger partial charge in [0.25, 0.3) is 5.91 Å². The smallest absolute Gasteiger partial charge is 0.357 e. The zero-order valence-electron chi connectivity index (χ0n) is 13.3. The Hall–Kier alpha value is -2.94. The highest BCUT2D eigenvalue weighted by Gasteiger charge is 2.43. The van der Waals surface area contributed by atoms with E-state index >= 15 is 0 Å². The number of ether oxygens (including phenoxy) is 1. The van der Waals surface area contributed by atoms with Crippen LogP contribution in [0.2, 0.25) is 0 Å². The van der Waals surface area contributed by atoms with Gasteiger partial charge in [-0.25, -0.2) is 9.78 Å². The lowest BCUT2D eigenvalue weighted by Crippen LogP contribution is -2.48. The summed E-state index contributed by atoms with van der Waals surface area (Å²) in [7, 11) is 0. The molecule has 1 aliphatic rings. The van der Waals surface area contributed by atoms with E-state index in [-0.39, 0.29) is 11.6 Å². The minimum absolute atomic E-state index is 0.145. The third-order valence-corrected chi connectivity index (χ3v) is 4.17. The number of nitriles is 1. The molecule has 122 valence electrons. The molecule has 0 saturated heterocycles. The molecule has 6 nitrogen and oxygen atoms in total. The highest BCUT2D eigenvalue weighted by molar-refractivity contribution is 5.92. The Morgan fingerprint density at radius 3 is 2.79 bits per heavy atom. The Kier molecular flexibility index (Phi) is 4.17. The monoisotopic (exact) mass is 323 g/mol. The summed E-state index contributed by atoms with van der Waals surface area (Å²) < 4.78 is 5.01. The van der Waals surface area contributed by atoms with Crippen LogP contribution in [0.25, 0.3) is 10.9 Å². The minimum Gasteiger partial charge on any atom is -0.451 e. The Bertz CT molecular complexity index is 839. The summed E-state index contributed by atoms with van der Waals surface area (Å²) in [5.74, 6) is -0.981. The molecule has 24 heavy (non-hydrogen) atoms. The topological polar surface area (TPSA) is 92.1 Å². The first kappa shape index (κ1) is 15.9. The Morgan fingerprint density at radius 2 is 2.08 bits per heavy atom. The van der Waals surface area contributed by atoms with E-state index in [0.29, 0.717) is 5.52 Å². The summed E-state index contributed by atoms with van der Waals surface area (Å²) in [6.07, 6.45) is 1.84. The molecule has 1 saturated carbocycles. The number of carbonyl (C=O) groups excluding carboxylic acids is 2. The molecule has 1 fully saturated rings. The molecule has 1 N–H and O–H groups in total. The maximum Gasteiger partial charge on any atom is 0.357 e. The van der Waals surface area contributed by atoms with Crippen molar-refractivity contribution < 1.29 is 14.3 Å². The number of hydrogen-bond acceptors (Lipinski definition) is 5. The fraction of sp³-hybridized carbons (Fsp3) is 0.333. The van der Waals surface area contributed by atoms with E-state index in [1.807, 2.05) is 18.2 Å². The fourth-order valence-corrected chi connectivity index (χ4v) is 2.59. The molecule has 2 aromatic rings. The SMILES string of the molecule is C[C@](C#N)(NC(=O)COC(=O)c1ccc2ccccc2n1)C1CC1. The van der Waals surface area contributed by atoms with Gasteiger partial charge >= 0.3 is 5.97 Å². The van der Waals surface area contributed by atoms with Crippen molar-refractivity contribution in [1.29, 1.82) is 5.26 Å². The molecule has 1 atom stereocenters. The number of benzene rings is 1. The van der Waals surface area contributed by atoms with Gasteiger partial charge in [0.05, 0.1) is 11.6 Å². The number of carbonyl (C=O) groups is 2. The van der Waals surface area contributed by atoms with Gasteiger partial charge in [-0.15, -0.1) is 0 Å². The number of hydrogen-bond donors (Lipinski definition) is 1. The molecule has 1 amide bonds. The van der Waals surface area contributed by atoms with Gasteiger partial charge in [0.1, 0.15) is 11.2 Å². The normalized spacial score (nSPS) is 16.0. The molecule has 1 heterocycles. The van der Waals surface area contributed by atoms with Crippen molar-refractivity contribution in [2.45, 2.75) is 25.3 Å². The number of nitrogens with zero attached hydrogens (tertiary/aromatic N) is 2. The first-order chi connectivity index (χ1) is 11.5. The van der Waals surface area contributed by atoms with Gasteiger partial charge in [0, 0.05) is 5.39 Å². The maximum atomic E-state index is 12.0. The Morgan fingerprint density at radius 1 is 1.33 bits per heavy atom. The molecule has 0 spiro atoms. The van der Waals surface area contributed by atoms with Crippen LogP contribution in [0.15, 0.2) is 36.4 Å². The number of para-hydroxylation sites is 1. The van der Waals surface area contributed by atoms with Crippen LogP contribution in [0.3, 0.4) is 0 Å². The predicted octanol–water partition coefficient (Wildman–Crippen LogP) is 2.20. The van der Waals surface area contributed by atoms with E-state index < -0.39 is 24.0 Å². The maximum absolute atomic E-state index is 12.0. The van der Waals surface area contributed by atoms with Gasteiger partial charge in [-0.05, 0) is 37.8 Å². The molecule has 0 unspecified atom stereocenters. The van der Waals surface area contributed by atoms with Crippen molar-refractivity contribution in [2.75, 3.05) is 6.61 Å². The standard InChI is InChI=1S/C18H17N3O3/c1-18(11-19,13-7-8-13)21-16(22)10-24-17(23)15-9-6-12-4-2-3-5-14(12)20-15/h2-6,9,13H,7-8,10H2,1H3,(H,21,22)/t18-/m1/s1. The number of aromatic nitrogens is 1. The summed E-state index contributed by atoms with van der Waals surface area (Å²) in [5.41, 5.74) is -0.0704. The van der Waals surface area contributed by atoms with Crippen LogP contribution in [0.4, 0.5) is 0 Å². The third kappa shape index (κ3) is 3.35. The highest BCUT2D eigenvalue weighted by atomic mass is 16.5. The molecule has 6 heteroatoms. The van der Waals surface area contributed by atoms with Gasteiger partial charge in [0.2, 0.25) is 0 Å². The molecule has 1 aliphatic carbocycles. The Labute approximate surface area is 139 Å². The van der Waals surface area contributed by atoms with Crippen LogP contribution in [0.1, 0.15) is 30.3 Å². The minimum atomic E-state index is -0.898. The molecule has 1 aromatic carbocycles. The van der Waals surface area contributed by atoms with Crippen molar-refractivity contribution in [3.63, 3.8) is 0 Å². The second kappa shape index (κ2) is 6.28. The molecule has 1 aromatic heterocycles. The Balaban J connectivity index is 1.60. The van der Waals surface area contributed by atoms with Crippen molar-refractivity contribution >= 4 is 22.8 Å². The van der Waals surface area contributed by atoms with Crippen LogP contribution in [-0.2, 0) is 9.53 Å². The summed E-state index contributed by atoms with van der Waals surface area (Å²) in [6.45, 7) is 1.26. The van der Waals surface area contributed by atoms with E-state index in [4.69, 9.17) is 4.74 Å². The van der Waals surface area contributed by atoms with Crippen LogP contribution >= 0.6 is 0 Å². The zero-order chi connectivity index (χ0) is 17.2. The number of rotatable bonds is 5. The lowest BCUT2D eigenvalue weighted by Gasteiger charge is -2.22. The van der Waals surface area contributed by atoms with Gasteiger partial charge in [0.15, 0.2) is 6.61 Å². The number of fused-ring (bicyclic) bond motifs is 1. The van der Waals surface area contributed by atoms with Gasteiger partial charge in [-0.3, -0.25) is 4.79 Å². The quantitative estimate of drug-likeness (QED) is 0.852. The summed E-state index contributed by atoms with van der Waals surface area (Å²) in [5, 5.41) is 12.8. The summed E-state index contributed by atoms with van der Waals surface area (Å²) in [6, 6.07) is 12.9. The molecular weight excluding hydrogens is 306 g/mol. The van der Waals surface area contributed by atoms with Crippen molar-refractivity contribution in [1.82, 2.24) is 10.3 Å². The molecule has 0 radical (unpaired) electrons. The molecule has 0 bridgehead atoms. The fourth-order valence-electron chi connectivity index (χ4n) is 2.59. The average molecular weight is 323 g/mol. The second-order valence-corrected chi connectivity index (χ2v) is 6.10. The second-order valence-electron chi connectivity index (χ2n) is 6.10. The first-order valence-corrected chi connectivity index (χ1v) is 7.77. The lowest BCUT2D eigenvalue weighted by atomic mass is 9.98. The van der Waals surface area contributed by atoms with Gasteiger partial charge in [-0.2, -0.15) is 5.26 Å². The van der Waals surface area contributed by atoms with Crippen LogP contribution in [0.5, 0.6) is 0 Å². The van der Waals surface area contributed by atoms with E-state index in [0.717, 1.165) is 18.2 Å². The zero-order valence-corrected chi connectivity index (χ0v) is 13.3. The van der Waals surface area contributed by atoms with Gasteiger partial charge in [-0.1, -0.05) is 24.3 Å². The first-order valence-electron chi connectivity index (χ1n) is 7.77. The highest BCUT2D eigenvalue weighted by Crippen LogP contribution is 2.39. The number of pyridine rings is 1.